The van der Waals surface area contributed by atoms with Crippen molar-refractivity contribution < 1.29 is 14.3 Å². The molecule has 0 bridgehead atoms. The Morgan fingerprint density at radius 3 is 2.71 bits per heavy atom. The smallest absolute Gasteiger partial charge is 0.356 e. The van der Waals surface area contributed by atoms with Crippen molar-refractivity contribution in [2.24, 2.45) is 0 Å². The number of aromatic nitrogens is 2. The molecule has 1 heterocycles. The van der Waals surface area contributed by atoms with Gasteiger partial charge in [0.15, 0.2) is 0 Å². The zero-order chi connectivity index (χ0) is 14.8. The minimum absolute atomic E-state index is 0.308. The molecular formula is C16H14N2O3. The molecule has 1 N–H and O–H groups in total. The first-order chi connectivity index (χ1) is 10.2. The molecule has 0 amide bonds. The second-order valence-corrected chi connectivity index (χ2v) is 4.52. The number of rotatable bonds is 3. The molecule has 0 unspecified atom stereocenters. The first-order valence-electron chi connectivity index (χ1n) is 6.44. The maximum absolute atomic E-state index is 11.6. The Kier molecular flexibility index (Phi) is 3.31. The topological polar surface area (TPSA) is 64.2 Å². The van der Waals surface area contributed by atoms with E-state index in [0.29, 0.717) is 17.1 Å². The fourth-order valence-corrected chi connectivity index (χ4v) is 2.35. The lowest BCUT2D eigenvalue weighted by atomic mass is 10.0. The quantitative estimate of drug-likeness (QED) is 0.750. The van der Waals surface area contributed by atoms with Gasteiger partial charge in [-0.2, -0.15) is 5.10 Å². The van der Waals surface area contributed by atoms with Crippen LogP contribution in [0.2, 0.25) is 0 Å². The van der Waals surface area contributed by atoms with Crippen LogP contribution in [0.15, 0.2) is 42.5 Å². The number of hydrogen-bond donors (Lipinski definition) is 1. The lowest BCUT2D eigenvalue weighted by Gasteiger charge is -2.09. The molecule has 0 aliphatic rings. The zero-order valence-corrected chi connectivity index (χ0v) is 11.7. The van der Waals surface area contributed by atoms with Gasteiger partial charge in [-0.3, -0.25) is 5.10 Å². The Labute approximate surface area is 121 Å². The molecule has 3 rings (SSSR count). The highest BCUT2D eigenvalue weighted by Gasteiger charge is 2.16. The van der Waals surface area contributed by atoms with Crippen molar-refractivity contribution in [3.05, 3.63) is 48.2 Å². The van der Waals surface area contributed by atoms with Gasteiger partial charge in [0.1, 0.15) is 11.4 Å². The molecule has 5 nitrogen and oxygen atoms in total. The third kappa shape index (κ3) is 2.23. The molecule has 21 heavy (non-hydrogen) atoms. The van der Waals surface area contributed by atoms with Crippen LogP contribution in [0.3, 0.4) is 0 Å². The highest BCUT2D eigenvalue weighted by Crippen LogP contribution is 2.36. The summed E-state index contributed by atoms with van der Waals surface area (Å²) in [7, 11) is 2.95. The monoisotopic (exact) mass is 282 g/mol. The number of nitrogens with one attached hydrogen (secondary N) is 1. The van der Waals surface area contributed by atoms with E-state index in [9.17, 15) is 4.79 Å². The maximum atomic E-state index is 11.6. The number of nitrogens with zero attached hydrogens (tertiary/aromatic N) is 1. The van der Waals surface area contributed by atoms with E-state index in [1.54, 1.807) is 13.2 Å². The number of fused-ring (bicyclic) bond motifs is 1. The summed E-state index contributed by atoms with van der Waals surface area (Å²) in [5, 5.41) is 8.99. The van der Waals surface area contributed by atoms with Gasteiger partial charge in [0, 0.05) is 0 Å². The number of benzene rings is 2. The van der Waals surface area contributed by atoms with E-state index in [1.165, 1.54) is 7.11 Å². The van der Waals surface area contributed by atoms with Crippen molar-refractivity contribution in [3.8, 4) is 17.0 Å². The van der Waals surface area contributed by atoms with Crippen LogP contribution in [0.4, 0.5) is 0 Å². The van der Waals surface area contributed by atoms with Crippen LogP contribution >= 0.6 is 0 Å². The van der Waals surface area contributed by atoms with Crippen LogP contribution in [0, 0.1) is 0 Å². The first-order valence-corrected chi connectivity index (χ1v) is 6.44. The molecule has 0 spiro atoms. The molecule has 0 aliphatic carbocycles. The lowest BCUT2D eigenvalue weighted by Crippen LogP contribution is -2.00. The van der Waals surface area contributed by atoms with E-state index in [-0.39, 0.29) is 0 Å². The second-order valence-electron chi connectivity index (χ2n) is 4.52. The molecule has 0 aliphatic heterocycles. The number of H-pyrrole nitrogens is 1. The fraction of sp³-hybridized carbons (Fsp3) is 0.125. The number of carbonyl (C=O) groups excluding carboxylic acids is 1. The first kappa shape index (κ1) is 13.2. The predicted octanol–water partition coefficient (Wildman–Crippen LogP) is 3.03. The van der Waals surface area contributed by atoms with Gasteiger partial charge in [-0.05, 0) is 22.9 Å². The number of carbonyl (C=O) groups is 1. The summed E-state index contributed by atoms with van der Waals surface area (Å²) in [6.45, 7) is 0. The Balaban J connectivity index is 2.23. The molecule has 5 heteroatoms. The SMILES string of the molecule is COC(=O)c1cc(-c2c(OC)ccc3ccccc23)n[nH]1. The highest BCUT2D eigenvalue weighted by atomic mass is 16.5. The fourth-order valence-electron chi connectivity index (χ4n) is 2.35. The van der Waals surface area contributed by atoms with E-state index in [1.807, 2.05) is 36.4 Å². The zero-order valence-electron chi connectivity index (χ0n) is 11.7. The van der Waals surface area contributed by atoms with Crippen molar-refractivity contribution in [2.75, 3.05) is 14.2 Å². The number of methoxy groups -OCH3 is 2. The summed E-state index contributed by atoms with van der Waals surface area (Å²) in [6.07, 6.45) is 0. The van der Waals surface area contributed by atoms with Gasteiger partial charge in [-0.1, -0.05) is 30.3 Å². The van der Waals surface area contributed by atoms with Crippen molar-refractivity contribution >= 4 is 16.7 Å². The number of esters is 1. The van der Waals surface area contributed by atoms with Crippen LogP contribution in [0.1, 0.15) is 10.5 Å². The van der Waals surface area contributed by atoms with Crippen LogP contribution in [0.5, 0.6) is 5.75 Å². The largest absolute Gasteiger partial charge is 0.496 e. The van der Waals surface area contributed by atoms with Crippen LogP contribution in [0.25, 0.3) is 22.0 Å². The summed E-state index contributed by atoms with van der Waals surface area (Å²) >= 11 is 0. The average molecular weight is 282 g/mol. The van der Waals surface area contributed by atoms with E-state index >= 15 is 0 Å². The van der Waals surface area contributed by atoms with E-state index in [0.717, 1.165) is 16.3 Å². The van der Waals surface area contributed by atoms with Crippen molar-refractivity contribution in [1.82, 2.24) is 10.2 Å². The van der Waals surface area contributed by atoms with Gasteiger partial charge in [0.05, 0.1) is 25.5 Å². The second kappa shape index (κ2) is 5.28. The molecule has 0 saturated heterocycles. The summed E-state index contributed by atoms with van der Waals surface area (Å²) in [5.41, 5.74) is 1.80. The van der Waals surface area contributed by atoms with E-state index in [4.69, 9.17) is 4.74 Å². The van der Waals surface area contributed by atoms with Gasteiger partial charge in [-0.15, -0.1) is 0 Å². The third-order valence-corrected chi connectivity index (χ3v) is 3.35. The number of hydrogen-bond acceptors (Lipinski definition) is 4. The lowest BCUT2D eigenvalue weighted by molar-refractivity contribution is 0.0594. The molecule has 0 radical (unpaired) electrons. The van der Waals surface area contributed by atoms with Crippen LogP contribution < -0.4 is 4.74 Å². The molecule has 2 aromatic carbocycles. The summed E-state index contributed by atoms with van der Waals surface area (Å²) < 4.78 is 10.1. The summed E-state index contributed by atoms with van der Waals surface area (Å²) in [4.78, 5) is 11.6. The molecule has 0 fully saturated rings. The molecule has 3 aromatic rings. The molecule has 0 atom stereocenters. The van der Waals surface area contributed by atoms with Crippen molar-refractivity contribution in [2.45, 2.75) is 0 Å². The molecule has 1 aromatic heterocycles. The highest BCUT2D eigenvalue weighted by molar-refractivity contribution is 6.00. The van der Waals surface area contributed by atoms with Gasteiger partial charge >= 0.3 is 5.97 Å². The van der Waals surface area contributed by atoms with E-state index < -0.39 is 5.97 Å². The molecular weight excluding hydrogens is 268 g/mol. The third-order valence-electron chi connectivity index (χ3n) is 3.35. The Hall–Kier alpha value is -2.82. The Morgan fingerprint density at radius 2 is 1.95 bits per heavy atom. The minimum Gasteiger partial charge on any atom is -0.496 e. The average Bonchev–Trinajstić information content (AvgIpc) is 3.02. The summed E-state index contributed by atoms with van der Waals surface area (Å²) in [6, 6.07) is 13.5. The van der Waals surface area contributed by atoms with Gasteiger partial charge in [-0.25, -0.2) is 4.79 Å². The Bertz CT molecular complexity index is 808. The Morgan fingerprint density at radius 1 is 1.14 bits per heavy atom. The predicted molar refractivity (Wildman–Crippen MR) is 79.4 cm³/mol. The molecule has 106 valence electrons. The number of aromatic amines is 1. The van der Waals surface area contributed by atoms with Crippen LogP contribution in [-0.2, 0) is 4.74 Å². The number of ether oxygens (including phenoxy) is 2. The normalized spacial score (nSPS) is 10.6. The summed E-state index contributed by atoms with van der Waals surface area (Å²) in [5.74, 6) is 0.254. The van der Waals surface area contributed by atoms with Gasteiger partial charge in [0.2, 0.25) is 0 Å². The van der Waals surface area contributed by atoms with Crippen LogP contribution in [-0.4, -0.2) is 30.4 Å². The van der Waals surface area contributed by atoms with Crippen molar-refractivity contribution in [3.63, 3.8) is 0 Å². The minimum atomic E-state index is -0.451. The van der Waals surface area contributed by atoms with Gasteiger partial charge in [0.25, 0.3) is 0 Å². The van der Waals surface area contributed by atoms with E-state index in [2.05, 4.69) is 14.9 Å². The standard InChI is InChI=1S/C16H14N2O3/c1-20-14-8-7-10-5-3-4-6-11(10)15(14)12-9-13(18-17-12)16(19)21-2/h3-9H,1-2H3,(H,17,18). The van der Waals surface area contributed by atoms with Crippen molar-refractivity contribution in [1.29, 1.82) is 0 Å². The maximum Gasteiger partial charge on any atom is 0.356 e. The molecule has 0 saturated carbocycles. The van der Waals surface area contributed by atoms with Gasteiger partial charge < -0.3 is 9.47 Å².